The fraction of sp³-hybridized carbons (Fsp3) is 0.636. The maximum absolute atomic E-state index is 10.5. The van der Waals surface area contributed by atoms with Crippen molar-refractivity contribution in [3.05, 3.63) is 24.0 Å². The van der Waals surface area contributed by atoms with Crippen molar-refractivity contribution in [1.82, 2.24) is 4.57 Å². The zero-order valence-electron chi connectivity index (χ0n) is 9.36. The summed E-state index contributed by atoms with van der Waals surface area (Å²) < 4.78 is 1.92. The van der Waals surface area contributed by atoms with E-state index < -0.39 is 5.60 Å². The summed E-state index contributed by atoms with van der Waals surface area (Å²) >= 11 is 0. The highest BCUT2D eigenvalue weighted by atomic mass is 16.3. The van der Waals surface area contributed by atoms with E-state index in [4.69, 9.17) is 5.73 Å². The molecule has 0 saturated carbocycles. The molecule has 0 aliphatic carbocycles. The summed E-state index contributed by atoms with van der Waals surface area (Å²) in [5.74, 6) is 0.102. The van der Waals surface area contributed by atoms with Crippen LogP contribution in [0.1, 0.15) is 26.3 Å². The van der Waals surface area contributed by atoms with Crippen LogP contribution in [0.15, 0.2) is 18.5 Å². The normalized spacial score (nSPS) is 18.2. The molecule has 3 N–H and O–H groups in total. The monoisotopic (exact) mass is 196 g/mol. The van der Waals surface area contributed by atoms with Crippen LogP contribution >= 0.6 is 0 Å². The Morgan fingerprint density at radius 2 is 2.00 bits per heavy atom. The van der Waals surface area contributed by atoms with Crippen LogP contribution in [0.5, 0.6) is 0 Å². The van der Waals surface area contributed by atoms with Crippen molar-refractivity contribution < 1.29 is 5.11 Å². The van der Waals surface area contributed by atoms with Gasteiger partial charge in [-0.2, -0.15) is 0 Å². The summed E-state index contributed by atoms with van der Waals surface area (Å²) in [4.78, 5) is 0. The average molecular weight is 196 g/mol. The lowest BCUT2D eigenvalue weighted by Gasteiger charge is -2.35. The lowest BCUT2D eigenvalue weighted by Crippen LogP contribution is -2.47. The molecule has 0 radical (unpaired) electrons. The summed E-state index contributed by atoms with van der Waals surface area (Å²) in [6, 6.07) is 1.65. The van der Waals surface area contributed by atoms with Crippen LogP contribution in [0.25, 0.3) is 0 Å². The van der Waals surface area contributed by atoms with Gasteiger partial charge < -0.3 is 15.4 Å². The maximum Gasteiger partial charge on any atom is 0.108 e. The van der Waals surface area contributed by atoms with Gasteiger partial charge in [-0.1, -0.05) is 13.8 Å². The third-order valence-corrected chi connectivity index (χ3v) is 2.87. The highest BCUT2D eigenvalue weighted by Crippen LogP contribution is 2.32. The van der Waals surface area contributed by atoms with Gasteiger partial charge in [-0.15, -0.1) is 0 Å². The van der Waals surface area contributed by atoms with Gasteiger partial charge in [0.1, 0.15) is 5.60 Å². The molecule has 2 atom stereocenters. The van der Waals surface area contributed by atoms with E-state index in [-0.39, 0.29) is 12.0 Å². The number of nitrogens with zero attached hydrogens (tertiary/aromatic N) is 1. The fourth-order valence-electron chi connectivity index (χ4n) is 1.86. The topological polar surface area (TPSA) is 51.2 Å². The standard InChI is InChI=1S/C11H20N2O/c1-8(2)11(14,9(3)12)10-5-6-13(4)7-10/h5-9,14H,12H2,1-4H3. The van der Waals surface area contributed by atoms with Crippen LogP contribution in [0, 0.1) is 5.92 Å². The van der Waals surface area contributed by atoms with Gasteiger partial charge in [0.15, 0.2) is 0 Å². The number of aromatic nitrogens is 1. The molecule has 14 heavy (non-hydrogen) atoms. The number of hydrogen-bond donors (Lipinski definition) is 2. The van der Waals surface area contributed by atoms with Crippen LogP contribution in [-0.2, 0) is 12.6 Å². The van der Waals surface area contributed by atoms with Crippen molar-refractivity contribution in [2.24, 2.45) is 18.7 Å². The largest absolute Gasteiger partial charge is 0.383 e. The SMILES string of the molecule is CC(C)C(O)(c1ccn(C)c1)C(C)N. The molecule has 0 spiro atoms. The lowest BCUT2D eigenvalue weighted by atomic mass is 9.80. The quantitative estimate of drug-likeness (QED) is 0.763. The second-order valence-corrected chi connectivity index (χ2v) is 4.33. The molecule has 0 saturated heterocycles. The minimum absolute atomic E-state index is 0.102. The molecule has 0 aliphatic heterocycles. The Labute approximate surface area is 85.5 Å². The van der Waals surface area contributed by atoms with Crippen LogP contribution in [0.4, 0.5) is 0 Å². The second kappa shape index (κ2) is 3.75. The Hall–Kier alpha value is -0.800. The summed E-state index contributed by atoms with van der Waals surface area (Å²) in [5, 5.41) is 10.5. The molecule has 1 aromatic rings. The highest BCUT2D eigenvalue weighted by Gasteiger charge is 2.37. The van der Waals surface area contributed by atoms with Crippen molar-refractivity contribution in [2.45, 2.75) is 32.4 Å². The Kier molecular flexibility index (Phi) is 3.02. The minimum Gasteiger partial charge on any atom is -0.383 e. The van der Waals surface area contributed by atoms with Crippen molar-refractivity contribution in [3.8, 4) is 0 Å². The Morgan fingerprint density at radius 3 is 2.29 bits per heavy atom. The number of aliphatic hydroxyl groups is 1. The predicted octanol–water partition coefficient (Wildman–Crippen LogP) is 1.22. The molecule has 1 heterocycles. The highest BCUT2D eigenvalue weighted by molar-refractivity contribution is 5.22. The van der Waals surface area contributed by atoms with Crippen LogP contribution in [0.2, 0.25) is 0 Å². The number of rotatable bonds is 3. The zero-order valence-corrected chi connectivity index (χ0v) is 9.36. The molecule has 0 aliphatic rings. The summed E-state index contributed by atoms with van der Waals surface area (Å²) in [6.45, 7) is 5.81. The molecule has 3 heteroatoms. The third-order valence-electron chi connectivity index (χ3n) is 2.87. The van der Waals surface area contributed by atoms with Crippen LogP contribution < -0.4 is 5.73 Å². The molecule has 1 aromatic heterocycles. The van der Waals surface area contributed by atoms with E-state index in [2.05, 4.69) is 0 Å². The van der Waals surface area contributed by atoms with E-state index in [1.165, 1.54) is 0 Å². The first-order valence-corrected chi connectivity index (χ1v) is 4.99. The molecule has 0 amide bonds. The number of hydrogen-bond acceptors (Lipinski definition) is 2. The lowest BCUT2D eigenvalue weighted by molar-refractivity contribution is -0.0295. The number of aryl methyl sites for hydroxylation is 1. The minimum atomic E-state index is -0.929. The van der Waals surface area contributed by atoms with Crippen LogP contribution in [-0.4, -0.2) is 15.7 Å². The third kappa shape index (κ3) is 1.70. The van der Waals surface area contributed by atoms with Crippen molar-refractivity contribution >= 4 is 0 Å². The van der Waals surface area contributed by atoms with Gasteiger partial charge in [-0.25, -0.2) is 0 Å². The molecule has 0 aromatic carbocycles. The Bertz CT molecular complexity index is 294. The van der Waals surface area contributed by atoms with E-state index >= 15 is 0 Å². The van der Waals surface area contributed by atoms with E-state index in [9.17, 15) is 5.11 Å². The fourth-order valence-corrected chi connectivity index (χ4v) is 1.86. The summed E-state index contributed by atoms with van der Waals surface area (Å²) in [6.07, 6.45) is 3.84. The summed E-state index contributed by atoms with van der Waals surface area (Å²) in [5.41, 5.74) is 5.82. The van der Waals surface area contributed by atoms with Gasteiger partial charge >= 0.3 is 0 Å². The first-order valence-electron chi connectivity index (χ1n) is 4.99. The molecule has 0 bridgehead atoms. The summed E-state index contributed by atoms with van der Waals surface area (Å²) in [7, 11) is 1.94. The number of nitrogens with two attached hydrogens (primary N) is 1. The van der Waals surface area contributed by atoms with Crippen LogP contribution in [0.3, 0.4) is 0 Å². The molecule has 80 valence electrons. The smallest absolute Gasteiger partial charge is 0.108 e. The maximum atomic E-state index is 10.5. The Balaban J connectivity index is 3.12. The van der Waals surface area contributed by atoms with Gasteiger partial charge in [0.2, 0.25) is 0 Å². The van der Waals surface area contributed by atoms with Crippen molar-refractivity contribution in [2.75, 3.05) is 0 Å². The molecular formula is C11H20N2O. The van der Waals surface area contributed by atoms with Gasteiger partial charge in [-0.3, -0.25) is 0 Å². The molecule has 2 unspecified atom stereocenters. The zero-order chi connectivity index (χ0) is 10.9. The van der Waals surface area contributed by atoms with E-state index in [1.54, 1.807) is 0 Å². The average Bonchev–Trinajstić information content (AvgIpc) is 2.49. The first kappa shape index (κ1) is 11.3. The van der Waals surface area contributed by atoms with Crippen molar-refractivity contribution in [3.63, 3.8) is 0 Å². The van der Waals surface area contributed by atoms with E-state index in [0.717, 1.165) is 5.56 Å². The molecule has 3 nitrogen and oxygen atoms in total. The van der Waals surface area contributed by atoms with Crippen molar-refractivity contribution in [1.29, 1.82) is 0 Å². The predicted molar refractivity (Wildman–Crippen MR) is 57.8 cm³/mol. The van der Waals surface area contributed by atoms with E-state index in [0.29, 0.717) is 0 Å². The Morgan fingerprint density at radius 1 is 1.43 bits per heavy atom. The molecular weight excluding hydrogens is 176 g/mol. The molecule has 1 rings (SSSR count). The van der Waals surface area contributed by atoms with Gasteiger partial charge in [0, 0.05) is 31.0 Å². The van der Waals surface area contributed by atoms with Gasteiger partial charge in [0.25, 0.3) is 0 Å². The van der Waals surface area contributed by atoms with E-state index in [1.807, 2.05) is 50.8 Å². The van der Waals surface area contributed by atoms with Gasteiger partial charge in [-0.05, 0) is 18.9 Å². The second-order valence-electron chi connectivity index (χ2n) is 4.33. The molecule has 0 fully saturated rings. The first-order chi connectivity index (χ1) is 6.39. The van der Waals surface area contributed by atoms with Gasteiger partial charge in [0.05, 0.1) is 0 Å².